The number of piperidine rings is 1. The molecule has 1 atom stereocenters. The van der Waals surface area contributed by atoms with E-state index in [1.807, 2.05) is 6.92 Å². The smallest absolute Gasteiger partial charge is 0.323 e. The van der Waals surface area contributed by atoms with Crippen molar-refractivity contribution in [1.29, 1.82) is 0 Å². The summed E-state index contributed by atoms with van der Waals surface area (Å²) in [6.07, 6.45) is 5.38. The van der Waals surface area contributed by atoms with E-state index in [4.69, 9.17) is 10.5 Å². The normalized spacial score (nSPS) is 22.0. The highest BCUT2D eigenvalue weighted by Gasteiger charge is 2.28. The van der Waals surface area contributed by atoms with Crippen molar-refractivity contribution in [3.05, 3.63) is 0 Å². The Morgan fingerprint density at radius 1 is 1.44 bits per heavy atom. The van der Waals surface area contributed by atoms with E-state index in [2.05, 4.69) is 4.90 Å². The Morgan fingerprint density at radius 3 is 2.94 bits per heavy atom. The number of carbonyl (C=O) groups is 1. The summed E-state index contributed by atoms with van der Waals surface area (Å²) in [5.41, 5.74) is 5.48. The van der Waals surface area contributed by atoms with Gasteiger partial charge in [-0.25, -0.2) is 0 Å². The molecule has 0 spiro atoms. The van der Waals surface area contributed by atoms with Crippen molar-refractivity contribution in [2.45, 2.75) is 45.1 Å². The third-order valence-electron chi connectivity index (χ3n) is 3.07. The van der Waals surface area contributed by atoms with E-state index >= 15 is 0 Å². The number of nitrogens with zero attached hydrogens (tertiary/aromatic N) is 1. The Hall–Kier alpha value is -0.610. The number of hydrogen-bond acceptors (Lipinski definition) is 4. The number of esters is 1. The van der Waals surface area contributed by atoms with Gasteiger partial charge in [-0.3, -0.25) is 9.69 Å². The molecule has 1 unspecified atom stereocenters. The van der Waals surface area contributed by atoms with Crippen LogP contribution in [-0.4, -0.2) is 43.2 Å². The lowest BCUT2D eigenvalue weighted by atomic mass is 10.0. The molecule has 0 bridgehead atoms. The highest BCUT2D eigenvalue weighted by molar-refractivity contribution is 5.75. The van der Waals surface area contributed by atoms with Crippen molar-refractivity contribution >= 4 is 5.97 Å². The van der Waals surface area contributed by atoms with Crippen LogP contribution in [0.2, 0.25) is 0 Å². The summed E-state index contributed by atoms with van der Waals surface area (Å²) in [5, 5.41) is 0. The van der Waals surface area contributed by atoms with E-state index < -0.39 is 0 Å². The second kappa shape index (κ2) is 7.63. The highest BCUT2D eigenvalue weighted by Crippen LogP contribution is 2.18. The van der Waals surface area contributed by atoms with Crippen LogP contribution in [0.5, 0.6) is 0 Å². The minimum atomic E-state index is -0.0463. The third-order valence-corrected chi connectivity index (χ3v) is 3.07. The molecular formula is C12H24N2O2. The van der Waals surface area contributed by atoms with Gasteiger partial charge in [0.05, 0.1) is 6.61 Å². The van der Waals surface area contributed by atoms with Crippen LogP contribution < -0.4 is 5.73 Å². The number of ether oxygens (including phenoxy) is 1. The van der Waals surface area contributed by atoms with Gasteiger partial charge in [0.15, 0.2) is 0 Å². The molecule has 0 radical (unpaired) electrons. The first-order valence-electron chi connectivity index (χ1n) is 6.40. The van der Waals surface area contributed by atoms with Crippen LogP contribution in [0, 0.1) is 0 Å². The van der Waals surface area contributed by atoms with Crippen molar-refractivity contribution in [1.82, 2.24) is 4.90 Å². The van der Waals surface area contributed by atoms with E-state index in [1.165, 1.54) is 6.42 Å². The minimum absolute atomic E-state index is 0.00789. The maximum absolute atomic E-state index is 11.8. The molecule has 0 aromatic heterocycles. The molecule has 16 heavy (non-hydrogen) atoms. The molecule has 1 fully saturated rings. The molecular weight excluding hydrogens is 204 g/mol. The first-order valence-corrected chi connectivity index (χ1v) is 6.40. The van der Waals surface area contributed by atoms with Crippen molar-refractivity contribution in [3.63, 3.8) is 0 Å². The summed E-state index contributed by atoms with van der Waals surface area (Å²) in [6.45, 7) is 5.07. The lowest BCUT2D eigenvalue weighted by molar-refractivity contribution is -0.150. The molecule has 0 aromatic carbocycles. The first-order chi connectivity index (χ1) is 7.79. The van der Waals surface area contributed by atoms with Gasteiger partial charge >= 0.3 is 5.97 Å². The van der Waals surface area contributed by atoms with E-state index in [1.54, 1.807) is 0 Å². The molecule has 0 amide bonds. The second-order valence-corrected chi connectivity index (χ2v) is 4.30. The van der Waals surface area contributed by atoms with Crippen LogP contribution in [0.25, 0.3) is 0 Å². The number of nitrogens with two attached hydrogens (primary N) is 1. The summed E-state index contributed by atoms with van der Waals surface area (Å²) in [4.78, 5) is 14.0. The fourth-order valence-corrected chi connectivity index (χ4v) is 2.22. The van der Waals surface area contributed by atoms with Crippen LogP contribution in [0.15, 0.2) is 0 Å². The van der Waals surface area contributed by atoms with Crippen LogP contribution in [0.4, 0.5) is 0 Å². The largest absolute Gasteiger partial charge is 0.465 e. The Kier molecular flexibility index (Phi) is 6.42. The van der Waals surface area contributed by atoms with Crippen LogP contribution in [0.3, 0.4) is 0 Å². The predicted molar refractivity (Wildman–Crippen MR) is 64.1 cm³/mol. The molecule has 0 aliphatic carbocycles. The molecule has 1 saturated heterocycles. The van der Waals surface area contributed by atoms with Gasteiger partial charge in [-0.15, -0.1) is 0 Å². The van der Waals surface area contributed by atoms with Crippen LogP contribution >= 0.6 is 0 Å². The Labute approximate surface area is 98.1 Å². The van der Waals surface area contributed by atoms with Crippen molar-refractivity contribution in [3.8, 4) is 0 Å². The number of likely N-dealkylation sites (tertiary alicyclic amines) is 1. The predicted octanol–water partition coefficient (Wildman–Crippen LogP) is 1.14. The first kappa shape index (κ1) is 13.5. The zero-order valence-corrected chi connectivity index (χ0v) is 10.3. The fourth-order valence-electron chi connectivity index (χ4n) is 2.22. The Balaban J connectivity index is 2.40. The molecule has 0 aromatic rings. The molecule has 4 heteroatoms. The van der Waals surface area contributed by atoms with Gasteiger partial charge in [0, 0.05) is 0 Å². The summed E-state index contributed by atoms with van der Waals surface area (Å²) >= 11 is 0. The quantitative estimate of drug-likeness (QED) is 0.547. The van der Waals surface area contributed by atoms with E-state index in [-0.39, 0.29) is 12.0 Å². The molecule has 1 rings (SSSR count). The number of carbonyl (C=O) groups excluding carboxylic acids is 1. The van der Waals surface area contributed by atoms with Gasteiger partial charge in [-0.05, 0) is 52.2 Å². The van der Waals surface area contributed by atoms with Gasteiger partial charge in [-0.2, -0.15) is 0 Å². The van der Waals surface area contributed by atoms with Crippen LogP contribution in [0.1, 0.15) is 39.0 Å². The maximum atomic E-state index is 11.8. The SMILES string of the molecule is CCOC(=O)C1CCCCN1CCCCN. The second-order valence-electron chi connectivity index (χ2n) is 4.30. The lowest BCUT2D eigenvalue weighted by Crippen LogP contribution is -2.45. The summed E-state index contributed by atoms with van der Waals surface area (Å²) in [7, 11) is 0. The fraction of sp³-hybridized carbons (Fsp3) is 0.917. The number of rotatable bonds is 6. The zero-order valence-electron chi connectivity index (χ0n) is 10.3. The van der Waals surface area contributed by atoms with Gasteiger partial charge in [-0.1, -0.05) is 6.42 Å². The number of hydrogen-bond donors (Lipinski definition) is 1. The van der Waals surface area contributed by atoms with E-state index in [0.717, 1.165) is 45.3 Å². The van der Waals surface area contributed by atoms with Gasteiger partial charge in [0.2, 0.25) is 0 Å². The third kappa shape index (κ3) is 4.10. The molecule has 1 aliphatic rings. The summed E-state index contributed by atoms with van der Waals surface area (Å²) < 4.78 is 5.11. The average Bonchev–Trinajstić information content (AvgIpc) is 2.30. The van der Waals surface area contributed by atoms with Gasteiger partial charge < -0.3 is 10.5 Å². The minimum Gasteiger partial charge on any atom is -0.465 e. The molecule has 4 nitrogen and oxygen atoms in total. The molecule has 1 heterocycles. The highest BCUT2D eigenvalue weighted by atomic mass is 16.5. The topological polar surface area (TPSA) is 55.6 Å². The summed E-state index contributed by atoms with van der Waals surface area (Å²) in [6, 6.07) is -0.00789. The van der Waals surface area contributed by atoms with Gasteiger partial charge in [0.25, 0.3) is 0 Å². The Bertz CT molecular complexity index is 209. The molecule has 1 aliphatic heterocycles. The standard InChI is InChI=1S/C12H24N2O2/c1-2-16-12(15)11-7-3-5-9-14(11)10-6-4-8-13/h11H,2-10,13H2,1H3. The summed E-state index contributed by atoms with van der Waals surface area (Å²) in [5.74, 6) is -0.0463. The zero-order chi connectivity index (χ0) is 11.8. The monoisotopic (exact) mass is 228 g/mol. The lowest BCUT2D eigenvalue weighted by Gasteiger charge is -2.33. The van der Waals surface area contributed by atoms with Crippen molar-refractivity contribution < 1.29 is 9.53 Å². The van der Waals surface area contributed by atoms with Crippen molar-refractivity contribution in [2.75, 3.05) is 26.2 Å². The van der Waals surface area contributed by atoms with Crippen LogP contribution in [-0.2, 0) is 9.53 Å². The van der Waals surface area contributed by atoms with E-state index in [9.17, 15) is 4.79 Å². The molecule has 0 saturated carbocycles. The maximum Gasteiger partial charge on any atom is 0.323 e. The number of unbranched alkanes of at least 4 members (excludes halogenated alkanes) is 1. The molecule has 94 valence electrons. The van der Waals surface area contributed by atoms with Crippen molar-refractivity contribution in [2.24, 2.45) is 5.73 Å². The Morgan fingerprint density at radius 2 is 2.25 bits per heavy atom. The molecule has 2 N–H and O–H groups in total. The van der Waals surface area contributed by atoms with Gasteiger partial charge in [0.1, 0.15) is 6.04 Å². The average molecular weight is 228 g/mol. The van der Waals surface area contributed by atoms with E-state index in [0.29, 0.717) is 6.61 Å².